The van der Waals surface area contributed by atoms with Gasteiger partial charge in [-0.05, 0) is 55.4 Å². The Morgan fingerprint density at radius 1 is 1.23 bits per heavy atom. The highest BCUT2D eigenvalue weighted by Crippen LogP contribution is 2.47. The molecule has 6 heteroatoms. The lowest BCUT2D eigenvalue weighted by Gasteiger charge is -2.26. The molecule has 2 fully saturated rings. The quantitative estimate of drug-likeness (QED) is 0.739. The highest BCUT2D eigenvalue weighted by molar-refractivity contribution is 7.21. The van der Waals surface area contributed by atoms with Crippen LogP contribution in [0.1, 0.15) is 25.0 Å². The molecule has 2 bridgehead atoms. The summed E-state index contributed by atoms with van der Waals surface area (Å²) >= 11 is 1.61. The third-order valence-corrected chi connectivity index (χ3v) is 6.94. The van der Waals surface area contributed by atoms with Crippen molar-refractivity contribution in [3.63, 3.8) is 0 Å². The van der Waals surface area contributed by atoms with Crippen molar-refractivity contribution in [2.24, 2.45) is 23.5 Å². The van der Waals surface area contributed by atoms with Gasteiger partial charge in [0.2, 0.25) is 5.91 Å². The highest BCUT2D eigenvalue weighted by Gasteiger charge is 2.48. The first-order valence-corrected chi connectivity index (χ1v) is 9.98. The van der Waals surface area contributed by atoms with E-state index in [1.54, 1.807) is 11.3 Å². The molecule has 134 valence electrons. The van der Waals surface area contributed by atoms with Gasteiger partial charge in [0.15, 0.2) is 10.8 Å². The summed E-state index contributed by atoms with van der Waals surface area (Å²) in [6.45, 7) is 0.393. The van der Waals surface area contributed by atoms with Crippen molar-refractivity contribution in [3.05, 3.63) is 42.2 Å². The SMILES string of the molecule is NC1C2CCC(C2)C1C(=O)NCc1ccc(-c2nc3ccccc3s2)o1. The van der Waals surface area contributed by atoms with Gasteiger partial charge in [0, 0.05) is 6.04 Å². The van der Waals surface area contributed by atoms with Crippen LogP contribution >= 0.6 is 11.3 Å². The summed E-state index contributed by atoms with van der Waals surface area (Å²) in [5.41, 5.74) is 7.24. The van der Waals surface area contributed by atoms with Crippen LogP contribution in [0.5, 0.6) is 0 Å². The molecule has 26 heavy (non-hydrogen) atoms. The molecule has 0 radical (unpaired) electrons. The highest BCUT2D eigenvalue weighted by atomic mass is 32.1. The molecule has 4 unspecified atom stereocenters. The van der Waals surface area contributed by atoms with Crippen LogP contribution < -0.4 is 11.1 Å². The molecule has 2 saturated carbocycles. The van der Waals surface area contributed by atoms with Crippen molar-refractivity contribution in [3.8, 4) is 10.8 Å². The van der Waals surface area contributed by atoms with Gasteiger partial charge in [0.25, 0.3) is 0 Å². The second kappa shape index (κ2) is 6.21. The molecule has 5 rings (SSSR count). The van der Waals surface area contributed by atoms with Crippen LogP contribution in [-0.4, -0.2) is 16.9 Å². The Morgan fingerprint density at radius 2 is 2.08 bits per heavy atom. The molecule has 4 atom stereocenters. The number of nitrogens with zero attached hydrogens (tertiary/aromatic N) is 1. The van der Waals surface area contributed by atoms with Gasteiger partial charge < -0.3 is 15.5 Å². The molecular weight excluding hydrogens is 346 g/mol. The first-order valence-electron chi connectivity index (χ1n) is 9.17. The number of rotatable bonds is 4. The third-order valence-electron chi connectivity index (χ3n) is 5.89. The van der Waals surface area contributed by atoms with E-state index in [0.29, 0.717) is 18.4 Å². The maximum absolute atomic E-state index is 12.6. The Kier molecular flexibility index (Phi) is 3.83. The zero-order chi connectivity index (χ0) is 17.7. The van der Waals surface area contributed by atoms with E-state index < -0.39 is 0 Å². The van der Waals surface area contributed by atoms with Crippen molar-refractivity contribution in [1.29, 1.82) is 0 Å². The Balaban J connectivity index is 1.26. The van der Waals surface area contributed by atoms with E-state index in [9.17, 15) is 4.79 Å². The zero-order valence-electron chi connectivity index (χ0n) is 14.4. The first kappa shape index (κ1) is 16.0. The minimum Gasteiger partial charge on any atom is -0.457 e. The van der Waals surface area contributed by atoms with Crippen molar-refractivity contribution >= 4 is 27.5 Å². The van der Waals surface area contributed by atoms with Crippen LogP contribution in [0.15, 0.2) is 40.8 Å². The average molecular weight is 367 g/mol. The largest absolute Gasteiger partial charge is 0.457 e. The normalized spacial score (nSPS) is 27.3. The molecule has 5 nitrogen and oxygen atoms in total. The maximum Gasteiger partial charge on any atom is 0.225 e. The van der Waals surface area contributed by atoms with Crippen LogP contribution in [0.25, 0.3) is 21.0 Å². The number of furan rings is 1. The van der Waals surface area contributed by atoms with E-state index in [4.69, 9.17) is 10.2 Å². The van der Waals surface area contributed by atoms with Crippen molar-refractivity contribution in [2.75, 3.05) is 0 Å². The first-order chi connectivity index (χ1) is 12.7. The van der Waals surface area contributed by atoms with Crippen LogP contribution in [0.4, 0.5) is 0 Å². The fourth-order valence-electron chi connectivity index (χ4n) is 4.58. The molecule has 0 saturated heterocycles. The summed E-state index contributed by atoms with van der Waals surface area (Å²) < 4.78 is 7.04. The Morgan fingerprint density at radius 3 is 2.88 bits per heavy atom. The summed E-state index contributed by atoms with van der Waals surface area (Å²) in [5, 5.41) is 3.88. The molecule has 1 aromatic carbocycles. The van der Waals surface area contributed by atoms with E-state index in [0.717, 1.165) is 39.6 Å². The van der Waals surface area contributed by atoms with Crippen LogP contribution in [0.2, 0.25) is 0 Å². The smallest absolute Gasteiger partial charge is 0.225 e. The van der Waals surface area contributed by atoms with Crippen molar-refractivity contribution in [2.45, 2.75) is 31.8 Å². The summed E-state index contributed by atoms with van der Waals surface area (Å²) in [7, 11) is 0. The predicted molar refractivity (Wildman–Crippen MR) is 101 cm³/mol. The number of para-hydroxylation sites is 1. The standard InChI is InChI=1S/C20H21N3O2S/c21-18-12-6-5-11(9-12)17(18)19(24)22-10-13-7-8-15(25-13)20-23-14-3-1-2-4-16(14)26-20/h1-4,7-8,11-12,17-18H,5-6,9-10,21H2,(H,22,24). The molecular formula is C20H21N3O2S. The summed E-state index contributed by atoms with van der Waals surface area (Å²) in [4.78, 5) is 17.2. The Labute approximate surface area is 155 Å². The lowest BCUT2D eigenvalue weighted by molar-refractivity contribution is -0.127. The number of amides is 1. The van der Waals surface area contributed by atoms with Crippen LogP contribution in [0.3, 0.4) is 0 Å². The summed E-state index contributed by atoms with van der Waals surface area (Å²) in [6, 6.07) is 11.9. The second-order valence-corrected chi connectivity index (χ2v) is 8.44. The minimum atomic E-state index is -0.0348. The molecule has 0 spiro atoms. The van der Waals surface area contributed by atoms with Gasteiger partial charge in [-0.1, -0.05) is 12.1 Å². The fraction of sp³-hybridized carbons (Fsp3) is 0.400. The molecule has 3 aromatic rings. The molecule has 3 N–H and O–H groups in total. The van der Waals surface area contributed by atoms with Crippen LogP contribution in [0, 0.1) is 17.8 Å². The Bertz CT molecular complexity index is 928. The lowest BCUT2D eigenvalue weighted by atomic mass is 9.84. The van der Waals surface area contributed by atoms with Gasteiger partial charge in [0.1, 0.15) is 5.76 Å². The summed E-state index contributed by atoms with van der Waals surface area (Å²) in [5.74, 6) is 2.52. The van der Waals surface area contributed by atoms with Gasteiger partial charge in [0.05, 0.1) is 22.7 Å². The number of carbonyl (C=O) groups excluding carboxylic acids is 1. The van der Waals surface area contributed by atoms with E-state index in [1.807, 2.05) is 30.3 Å². The second-order valence-electron chi connectivity index (χ2n) is 7.41. The average Bonchev–Trinajstić information content (AvgIpc) is 3.40. The topological polar surface area (TPSA) is 81.2 Å². The van der Waals surface area contributed by atoms with Crippen molar-refractivity contribution in [1.82, 2.24) is 10.3 Å². The van der Waals surface area contributed by atoms with Gasteiger partial charge in [-0.25, -0.2) is 4.98 Å². The number of nitrogens with one attached hydrogen (secondary N) is 1. The van der Waals surface area contributed by atoms with Crippen LogP contribution in [-0.2, 0) is 11.3 Å². The number of hydrogen-bond donors (Lipinski definition) is 2. The van der Waals surface area contributed by atoms with Gasteiger partial charge in [-0.15, -0.1) is 11.3 Å². The minimum absolute atomic E-state index is 0.0173. The maximum atomic E-state index is 12.6. The number of aromatic nitrogens is 1. The molecule has 0 aliphatic heterocycles. The van der Waals surface area contributed by atoms with E-state index in [-0.39, 0.29) is 17.9 Å². The number of nitrogens with two attached hydrogens (primary N) is 1. The van der Waals surface area contributed by atoms with E-state index in [2.05, 4.69) is 16.4 Å². The van der Waals surface area contributed by atoms with Gasteiger partial charge in [-0.3, -0.25) is 4.79 Å². The number of benzene rings is 1. The lowest BCUT2D eigenvalue weighted by Crippen LogP contribution is -2.45. The fourth-order valence-corrected chi connectivity index (χ4v) is 5.51. The molecule has 2 aliphatic carbocycles. The third kappa shape index (κ3) is 2.64. The molecule has 2 heterocycles. The number of thiazole rings is 1. The van der Waals surface area contributed by atoms with Crippen molar-refractivity contribution < 1.29 is 9.21 Å². The Hall–Kier alpha value is -2.18. The number of carbonyl (C=O) groups is 1. The molecule has 1 amide bonds. The van der Waals surface area contributed by atoms with E-state index in [1.165, 1.54) is 6.42 Å². The predicted octanol–water partition coefficient (Wildman–Crippen LogP) is 3.55. The zero-order valence-corrected chi connectivity index (χ0v) is 15.2. The van der Waals surface area contributed by atoms with Gasteiger partial charge in [-0.2, -0.15) is 0 Å². The molecule has 2 aliphatic rings. The number of hydrogen-bond acceptors (Lipinski definition) is 5. The summed E-state index contributed by atoms with van der Waals surface area (Å²) in [6.07, 6.45) is 3.43. The monoisotopic (exact) mass is 367 g/mol. The number of fused-ring (bicyclic) bond motifs is 3. The van der Waals surface area contributed by atoms with E-state index >= 15 is 0 Å². The molecule has 2 aromatic heterocycles. The van der Waals surface area contributed by atoms with Gasteiger partial charge >= 0.3 is 0 Å².